The average Bonchev–Trinajstić information content (AvgIpc) is 3.60. The number of carbonyl (C=O) groups is 5. The SMILES string of the molecule is CC(C)(C)OC(=O)NCCCOc1cc(-c2ccccc2NC(=O)OCC2c3ccccc3-c3ccccc32)c(OCCCNC(=O)OC(C)(C)C)cc1C(=O)OCC(=O)c1ccccc1. The Labute approximate surface area is 385 Å². The van der Waals surface area contributed by atoms with Crippen LogP contribution in [0.15, 0.2) is 115 Å². The van der Waals surface area contributed by atoms with E-state index in [0.29, 0.717) is 35.2 Å². The van der Waals surface area contributed by atoms with Crippen LogP contribution in [0.1, 0.15) is 92.1 Å². The average molecular weight is 900 g/mol. The van der Waals surface area contributed by atoms with Crippen LogP contribution in [-0.2, 0) is 18.9 Å². The molecule has 0 radical (unpaired) electrons. The number of ketones is 1. The Morgan fingerprint density at radius 3 is 1.64 bits per heavy atom. The van der Waals surface area contributed by atoms with Crippen molar-refractivity contribution in [2.24, 2.45) is 0 Å². The maximum Gasteiger partial charge on any atom is 0.411 e. The summed E-state index contributed by atoms with van der Waals surface area (Å²) in [4.78, 5) is 65.2. The Balaban J connectivity index is 1.27. The third kappa shape index (κ3) is 13.6. The van der Waals surface area contributed by atoms with Gasteiger partial charge >= 0.3 is 24.2 Å². The van der Waals surface area contributed by atoms with Crippen molar-refractivity contribution in [3.8, 4) is 33.8 Å². The molecule has 3 N–H and O–H groups in total. The highest BCUT2D eigenvalue weighted by atomic mass is 16.6. The van der Waals surface area contributed by atoms with Crippen LogP contribution in [0.2, 0.25) is 0 Å². The molecule has 0 heterocycles. The number of carbonyl (C=O) groups excluding carboxylic acids is 5. The fourth-order valence-corrected chi connectivity index (χ4v) is 7.17. The minimum Gasteiger partial charge on any atom is -0.493 e. The number of benzene rings is 5. The van der Waals surface area contributed by atoms with E-state index < -0.39 is 47.8 Å². The standard InChI is InChI=1S/C52H57N3O11/c1-51(2,3)65-48(58)53-26-16-28-61-45-31-41(47(57)63-33-44(56)34-18-8-7-9-19-34)46(62-29-17-27-54-49(59)66-52(4,5)6)30-40(45)39-24-14-15-25-43(39)55-50(60)64-32-42-37-22-12-10-20-35(37)36-21-11-13-23-38(36)42/h7-15,18-25,30-31,42H,16-17,26-29,32-33H2,1-6H3,(H,53,58)(H,54,59)(H,55,60). The number of amides is 3. The van der Waals surface area contributed by atoms with Crippen molar-refractivity contribution in [1.82, 2.24) is 10.6 Å². The summed E-state index contributed by atoms with van der Waals surface area (Å²) >= 11 is 0. The van der Waals surface area contributed by atoms with Crippen LogP contribution in [0.25, 0.3) is 22.3 Å². The fourth-order valence-electron chi connectivity index (χ4n) is 7.17. The van der Waals surface area contributed by atoms with E-state index in [9.17, 15) is 24.0 Å². The molecular formula is C52H57N3O11. The highest BCUT2D eigenvalue weighted by Crippen LogP contribution is 2.45. The summed E-state index contributed by atoms with van der Waals surface area (Å²) in [5.41, 5.74) is 4.66. The molecule has 0 bridgehead atoms. The maximum absolute atomic E-state index is 13.9. The van der Waals surface area contributed by atoms with E-state index in [4.69, 9.17) is 28.4 Å². The first kappa shape index (κ1) is 48.1. The lowest BCUT2D eigenvalue weighted by Crippen LogP contribution is -2.33. The van der Waals surface area contributed by atoms with Gasteiger partial charge in [0.2, 0.25) is 0 Å². The van der Waals surface area contributed by atoms with Gasteiger partial charge in [0.25, 0.3) is 0 Å². The van der Waals surface area contributed by atoms with Gasteiger partial charge in [-0.15, -0.1) is 0 Å². The zero-order chi connectivity index (χ0) is 47.3. The van der Waals surface area contributed by atoms with E-state index in [1.807, 2.05) is 36.4 Å². The van der Waals surface area contributed by atoms with Crippen molar-refractivity contribution in [1.29, 1.82) is 0 Å². The van der Waals surface area contributed by atoms with E-state index in [0.717, 1.165) is 22.3 Å². The zero-order valence-electron chi connectivity index (χ0n) is 38.2. The minimum absolute atomic E-state index is 0.0384. The Morgan fingerprint density at radius 2 is 1.06 bits per heavy atom. The fraction of sp³-hybridized carbons (Fsp3) is 0.327. The first-order valence-corrected chi connectivity index (χ1v) is 21.9. The smallest absolute Gasteiger partial charge is 0.411 e. The first-order valence-electron chi connectivity index (χ1n) is 21.9. The van der Waals surface area contributed by atoms with Gasteiger partial charge in [0.05, 0.1) is 18.9 Å². The lowest BCUT2D eigenvalue weighted by atomic mass is 9.98. The largest absolute Gasteiger partial charge is 0.493 e. The van der Waals surface area contributed by atoms with Gasteiger partial charge in [-0.3, -0.25) is 10.1 Å². The molecular weight excluding hydrogens is 843 g/mol. The maximum atomic E-state index is 13.9. The number of hydrogen-bond acceptors (Lipinski definition) is 11. The molecule has 0 fully saturated rings. The second kappa shape index (κ2) is 22.0. The molecule has 5 aromatic rings. The van der Waals surface area contributed by atoms with Gasteiger partial charge in [-0.25, -0.2) is 19.2 Å². The van der Waals surface area contributed by atoms with Crippen LogP contribution in [0.5, 0.6) is 11.5 Å². The second-order valence-electron chi connectivity index (χ2n) is 17.5. The van der Waals surface area contributed by atoms with Crippen LogP contribution in [0.3, 0.4) is 0 Å². The molecule has 0 saturated carbocycles. The molecule has 6 rings (SSSR count). The molecule has 66 heavy (non-hydrogen) atoms. The predicted octanol–water partition coefficient (Wildman–Crippen LogP) is 10.3. The quantitative estimate of drug-likeness (QED) is 0.0330. The number of para-hydroxylation sites is 1. The zero-order valence-corrected chi connectivity index (χ0v) is 38.2. The van der Waals surface area contributed by atoms with Crippen molar-refractivity contribution in [2.45, 2.75) is 71.5 Å². The number of esters is 1. The molecule has 0 saturated heterocycles. The summed E-state index contributed by atoms with van der Waals surface area (Å²) in [5, 5.41) is 8.32. The third-order valence-corrected chi connectivity index (χ3v) is 10.0. The molecule has 346 valence electrons. The van der Waals surface area contributed by atoms with Crippen molar-refractivity contribution >= 4 is 35.7 Å². The molecule has 5 aromatic carbocycles. The summed E-state index contributed by atoms with van der Waals surface area (Å²) in [7, 11) is 0. The third-order valence-electron chi connectivity index (χ3n) is 10.0. The van der Waals surface area contributed by atoms with Crippen LogP contribution in [0.4, 0.5) is 20.1 Å². The highest BCUT2D eigenvalue weighted by molar-refractivity contribution is 6.01. The van der Waals surface area contributed by atoms with Crippen molar-refractivity contribution in [3.63, 3.8) is 0 Å². The molecule has 0 atom stereocenters. The van der Waals surface area contributed by atoms with Gasteiger partial charge in [-0.1, -0.05) is 97.1 Å². The van der Waals surface area contributed by atoms with Crippen molar-refractivity contribution in [2.75, 3.05) is 44.8 Å². The number of hydrogen-bond donors (Lipinski definition) is 3. The van der Waals surface area contributed by atoms with E-state index >= 15 is 0 Å². The monoisotopic (exact) mass is 899 g/mol. The molecule has 0 spiro atoms. The molecule has 0 aliphatic heterocycles. The lowest BCUT2D eigenvalue weighted by Gasteiger charge is -2.21. The van der Waals surface area contributed by atoms with Gasteiger partial charge in [-0.2, -0.15) is 0 Å². The molecule has 1 aliphatic carbocycles. The summed E-state index contributed by atoms with van der Waals surface area (Å²) in [5.74, 6) is -1.10. The number of anilines is 1. The highest BCUT2D eigenvalue weighted by Gasteiger charge is 2.30. The minimum atomic E-state index is -0.853. The second-order valence-corrected chi connectivity index (χ2v) is 17.5. The molecule has 0 unspecified atom stereocenters. The summed E-state index contributed by atoms with van der Waals surface area (Å²) in [6, 6.07) is 34.7. The lowest BCUT2D eigenvalue weighted by molar-refractivity contribution is 0.0469. The van der Waals surface area contributed by atoms with E-state index in [-0.39, 0.29) is 55.9 Å². The number of Topliss-reactive ketones (excluding diaryl/α,β-unsaturated/α-hetero) is 1. The van der Waals surface area contributed by atoms with E-state index in [1.165, 1.54) is 6.07 Å². The summed E-state index contributed by atoms with van der Waals surface area (Å²) in [6.07, 6.45) is -1.16. The molecule has 14 heteroatoms. The number of fused-ring (bicyclic) bond motifs is 3. The van der Waals surface area contributed by atoms with Crippen molar-refractivity contribution in [3.05, 3.63) is 138 Å². The molecule has 1 aliphatic rings. The van der Waals surface area contributed by atoms with Crippen molar-refractivity contribution < 1.29 is 52.4 Å². The van der Waals surface area contributed by atoms with Crippen LogP contribution >= 0.6 is 0 Å². The summed E-state index contributed by atoms with van der Waals surface area (Å²) in [6.45, 7) is 10.7. The predicted molar refractivity (Wildman–Crippen MR) is 250 cm³/mol. The van der Waals surface area contributed by atoms with Crippen LogP contribution < -0.4 is 25.4 Å². The van der Waals surface area contributed by atoms with Gasteiger partial charge in [0.15, 0.2) is 12.4 Å². The first-order chi connectivity index (χ1) is 31.6. The molecule has 3 amide bonds. The molecule has 14 nitrogen and oxygen atoms in total. The van der Waals surface area contributed by atoms with Crippen LogP contribution in [0, 0.1) is 0 Å². The van der Waals surface area contributed by atoms with Gasteiger partial charge < -0.3 is 39.1 Å². The van der Waals surface area contributed by atoms with Gasteiger partial charge in [0.1, 0.15) is 34.9 Å². The van der Waals surface area contributed by atoms with Gasteiger partial charge in [0, 0.05) is 35.7 Å². The van der Waals surface area contributed by atoms with Crippen LogP contribution in [-0.4, -0.2) is 80.8 Å². The number of alkyl carbamates (subject to hydrolysis) is 2. The Bertz CT molecular complexity index is 2460. The number of nitrogens with one attached hydrogen (secondary N) is 3. The Kier molecular flexibility index (Phi) is 16.1. The Morgan fingerprint density at radius 1 is 0.545 bits per heavy atom. The number of rotatable bonds is 18. The normalized spacial score (nSPS) is 11.9. The van der Waals surface area contributed by atoms with E-state index in [1.54, 1.807) is 102 Å². The molecule has 0 aromatic heterocycles. The van der Waals surface area contributed by atoms with E-state index in [2.05, 4.69) is 28.1 Å². The summed E-state index contributed by atoms with van der Waals surface area (Å²) < 4.78 is 34.7. The number of ether oxygens (including phenoxy) is 6. The van der Waals surface area contributed by atoms with Gasteiger partial charge in [-0.05, 0) is 94.8 Å². The topological polar surface area (TPSA) is 177 Å². The Hall–Kier alpha value is -7.35.